The van der Waals surface area contributed by atoms with E-state index in [-0.39, 0.29) is 5.41 Å². The van der Waals surface area contributed by atoms with Gasteiger partial charge in [-0.2, -0.15) is 0 Å². The summed E-state index contributed by atoms with van der Waals surface area (Å²) in [5.41, 5.74) is 18.6. The standard InChI is InChI=1S/C57H39NO2/c1-57(2)48-23-10-6-19-41(48)42-29-27-39(34-49(42)57)58(40-28-30-45-44-21-8-12-25-51(44)60-54(45)35-40)50-24-11-7-20-43(50)46-31-32-53-56(47-22-9-13-26-52(47)59-53)55(46)38-18-14-17-37(33-38)36-15-4-3-5-16-36/h3-35H,1-2H3. The van der Waals surface area contributed by atoms with E-state index in [4.69, 9.17) is 8.83 Å². The maximum Gasteiger partial charge on any atom is 0.137 e. The Bertz CT molecular complexity index is 3480. The minimum Gasteiger partial charge on any atom is -0.456 e. The van der Waals surface area contributed by atoms with Crippen molar-refractivity contribution in [2.45, 2.75) is 19.3 Å². The lowest BCUT2D eigenvalue weighted by Crippen LogP contribution is -2.17. The lowest BCUT2D eigenvalue weighted by molar-refractivity contribution is 0.660. The maximum atomic E-state index is 6.57. The van der Waals surface area contributed by atoms with Crippen molar-refractivity contribution in [3.63, 3.8) is 0 Å². The average molecular weight is 770 g/mol. The average Bonchev–Trinajstić information content (AvgIpc) is 3.94. The summed E-state index contributed by atoms with van der Waals surface area (Å²) < 4.78 is 13.1. The van der Waals surface area contributed by atoms with Gasteiger partial charge in [0, 0.05) is 55.5 Å². The van der Waals surface area contributed by atoms with Crippen LogP contribution in [-0.2, 0) is 5.41 Å². The van der Waals surface area contributed by atoms with Crippen molar-refractivity contribution in [2.24, 2.45) is 0 Å². The summed E-state index contributed by atoms with van der Waals surface area (Å²) in [6.45, 7) is 4.70. The van der Waals surface area contributed by atoms with Crippen molar-refractivity contribution in [1.29, 1.82) is 0 Å². The van der Waals surface area contributed by atoms with Crippen LogP contribution in [0.5, 0.6) is 0 Å². The van der Waals surface area contributed by atoms with E-state index in [2.05, 4.69) is 201 Å². The number of para-hydroxylation sites is 3. The zero-order chi connectivity index (χ0) is 40.0. The number of hydrogen-bond acceptors (Lipinski definition) is 3. The van der Waals surface area contributed by atoms with E-state index in [0.717, 1.165) is 83.2 Å². The molecule has 0 saturated heterocycles. The molecule has 0 amide bonds. The first-order chi connectivity index (χ1) is 29.5. The van der Waals surface area contributed by atoms with E-state index in [1.165, 1.54) is 33.4 Å². The van der Waals surface area contributed by atoms with Gasteiger partial charge in [0.05, 0.1) is 5.69 Å². The summed E-state index contributed by atoms with van der Waals surface area (Å²) in [5, 5.41) is 4.42. The third-order valence-electron chi connectivity index (χ3n) is 12.7. The largest absolute Gasteiger partial charge is 0.456 e. The van der Waals surface area contributed by atoms with Crippen molar-refractivity contribution >= 4 is 60.9 Å². The number of hydrogen-bond donors (Lipinski definition) is 0. The van der Waals surface area contributed by atoms with Crippen LogP contribution in [0.4, 0.5) is 17.1 Å². The molecule has 0 radical (unpaired) electrons. The van der Waals surface area contributed by atoms with E-state index in [0.29, 0.717) is 0 Å². The lowest BCUT2D eigenvalue weighted by Gasteiger charge is -2.30. The van der Waals surface area contributed by atoms with Crippen LogP contribution in [0, 0.1) is 0 Å². The fraction of sp³-hybridized carbons (Fsp3) is 0.0526. The van der Waals surface area contributed by atoms with Crippen LogP contribution in [-0.4, -0.2) is 0 Å². The van der Waals surface area contributed by atoms with Crippen LogP contribution in [0.25, 0.3) is 88.4 Å². The molecule has 0 spiro atoms. The monoisotopic (exact) mass is 769 g/mol. The molecule has 60 heavy (non-hydrogen) atoms. The van der Waals surface area contributed by atoms with Crippen LogP contribution in [0.15, 0.2) is 209 Å². The van der Waals surface area contributed by atoms with Crippen LogP contribution in [0.2, 0.25) is 0 Å². The van der Waals surface area contributed by atoms with Gasteiger partial charge in [-0.15, -0.1) is 0 Å². The van der Waals surface area contributed by atoms with Crippen molar-refractivity contribution in [1.82, 2.24) is 0 Å². The van der Waals surface area contributed by atoms with E-state index in [1.807, 2.05) is 18.2 Å². The van der Waals surface area contributed by atoms with E-state index < -0.39 is 0 Å². The first kappa shape index (κ1) is 34.4. The normalized spacial score (nSPS) is 13.0. The molecule has 3 nitrogen and oxygen atoms in total. The number of benzene rings is 9. The van der Waals surface area contributed by atoms with Crippen molar-refractivity contribution in [3.8, 4) is 44.5 Å². The van der Waals surface area contributed by atoms with Gasteiger partial charge in [-0.05, 0) is 105 Å². The SMILES string of the molecule is CC1(C)c2ccccc2-c2ccc(N(c3ccc4c(c3)oc3ccccc34)c3ccccc3-c3ccc4oc5ccccc5c4c3-c3cccc(-c4ccccc4)c3)cc21. The Morgan fingerprint density at radius 3 is 1.83 bits per heavy atom. The predicted molar refractivity (Wildman–Crippen MR) is 250 cm³/mol. The number of rotatable bonds is 6. The van der Waals surface area contributed by atoms with Gasteiger partial charge in [0.15, 0.2) is 0 Å². The van der Waals surface area contributed by atoms with Crippen molar-refractivity contribution in [3.05, 3.63) is 211 Å². The molecule has 0 aliphatic heterocycles. The molecule has 3 heteroatoms. The van der Waals surface area contributed by atoms with Crippen LogP contribution < -0.4 is 4.90 Å². The topological polar surface area (TPSA) is 29.5 Å². The van der Waals surface area contributed by atoms with E-state index >= 15 is 0 Å². The molecule has 1 aliphatic rings. The molecular formula is C57H39NO2. The van der Waals surface area contributed by atoms with Crippen LogP contribution in [0.3, 0.4) is 0 Å². The minimum atomic E-state index is -0.167. The highest BCUT2D eigenvalue weighted by molar-refractivity contribution is 6.17. The van der Waals surface area contributed by atoms with Gasteiger partial charge in [-0.1, -0.05) is 147 Å². The molecule has 2 heterocycles. The molecule has 9 aromatic carbocycles. The Balaban J connectivity index is 1.13. The second-order valence-electron chi connectivity index (χ2n) is 16.4. The van der Waals surface area contributed by atoms with Gasteiger partial charge in [0.2, 0.25) is 0 Å². The quantitative estimate of drug-likeness (QED) is 0.169. The predicted octanol–water partition coefficient (Wildman–Crippen LogP) is 16.3. The summed E-state index contributed by atoms with van der Waals surface area (Å²) in [5.74, 6) is 0. The number of anilines is 3. The van der Waals surface area contributed by atoms with E-state index in [1.54, 1.807) is 0 Å². The molecule has 11 aromatic rings. The Morgan fingerprint density at radius 1 is 0.367 bits per heavy atom. The van der Waals surface area contributed by atoms with Gasteiger partial charge in [0.25, 0.3) is 0 Å². The Hall–Kier alpha value is -7.62. The fourth-order valence-corrected chi connectivity index (χ4v) is 9.83. The van der Waals surface area contributed by atoms with Crippen LogP contribution >= 0.6 is 0 Å². The first-order valence-electron chi connectivity index (χ1n) is 20.7. The summed E-state index contributed by atoms with van der Waals surface area (Å²) in [7, 11) is 0. The molecule has 12 rings (SSSR count). The van der Waals surface area contributed by atoms with Crippen molar-refractivity contribution in [2.75, 3.05) is 4.90 Å². The zero-order valence-corrected chi connectivity index (χ0v) is 33.3. The molecule has 1 aliphatic carbocycles. The first-order valence-corrected chi connectivity index (χ1v) is 20.7. The second-order valence-corrected chi connectivity index (χ2v) is 16.4. The summed E-state index contributed by atoms with van der Waals surface area (Å²) in [4.78, 5) is 2.42. The number of nitrogens with zero attached hydrogens (tertiary/aromatic N) is 1. The third kappa shape index (κ3) is 5.22. The fourth-order valence-electron chi connectivity index (χ4n) is 9.83. The van der Waals surface area contributed by atoms with Gasteiger partial charge in [-0.25, -0.2) is 0 Å². The molecule has 2 aromatic heterocycles. The molecule has 0 atom stereocenters. The Labute approximate surface area is 348 Å². The number of fused-ring (bicyclic) bond motifs is 9. The molecule has 0 N–H and O–H groups in total. The van der Waals surface area contributed by atoms with Crippen LogP contribution in [0.1, 0.15) is 25.0 Å². The summed E-state index contributed by atoms with van der Waals surface area (Å²) in [6, 6.07) is 72.0. The summed E-state index contributed by atoms with van der Waals surface area (Å²) in [6.07, 6.45) is 0. The van der Waals surface area contributed by atoms with Gasteiger partial charge >= 0.3 is 0 Å². The second kappa shape index (κ2) is 13.2. The van der Waals surface area contributed by atoms with Crippen molar-refractivity contribution < 1.29 is 8.83 Å². The lowest BCUT2D eigenvalue weighted by atomic mass is 9.82. The molecule has 284 valence electrons. The minimum absolute atomic E-state index is 0.167. The highest BCUT2D eigenvalue weighted by atomic mass is 16.3. The van der Waals surface area contributed by atoms with Gasteiger partial charge in [0.1, 0.15) is 22.3 Å². The molecular weight excluding hydrogens is 731 g/mol. The molecule has 0 bridgehead atoms. The molecule has 0 saturated carbocycles. The zero-order valence-electron chi connectivity index (χ0n) is 33.3. The number of furan rings is 2. The Morgan fingerprint density at radius 2 is 0.967 bits per heavy atom. The summed E-state index contributed by atoms with van der Waals surface area (Å²) >= 11 is 0. The maximum absolute atomic E-state index is 6.57. The highest BCUT2D eigenvalue weighted by Crippen LogP contribution is 2.53. The highest BCUT2D eigenvalue weighted by Gasteiger charge is 2.36. The molecule has 0 fully saturated rings. The van der Waals surface area contributed by atoms with Gasteiger partial charge in [-0.3, -0.25) is 0 Å². The Kier molecular flexibility index (Phi) is 7.58. The molecule has 0 unspecified atom stereocenters. The smallest absolute Gasteiger partial charge is 0.137 e. The van der Waals surface area contributed by atoms with E-state index in [9.17, 15) is 0 Å². The third-order valence-corrected chi connectivity index (χ3v) is 12.7. The van der Waals surface area contributed by atoms with Gasteiger partial charge < -0.3 is 13.7 Å².